The molecule has 2 heterocycles. The van der Waals surface area contributed by atoms with Crippen LogP contribution in [0.5, 0.6) is 0 Å². The average Bonchev–Trinajstić information content (AvgIpc) is 3.18. The molecule has 20 heavy (non-hydrogen) atoms. The summed E-state index contributed by atoms with van der Waals surface area (Å²) in [6.07, 6.45) is 1.46. The number of hydrazone groups is 1. The lowest BCUT2D eigenvalue weighted by molar-refractivity contribution is 0.0360. The van der Waals surface area contributed by atoms with Crippen LogP contribution in [0.15, 0.2) is 52.2 Å². The Morgan fingerprint density at radius 2 is 1.70 bits per heavy atom. The second-order valence-electron chi connectivity index (χ2n) is 4.49. The Balaban J connectivity index is 1.76. The van der Waals surface area contributed by atoms with E-state index in [1.807, 2.05) is 0 Å². The average molecular weight is 268 g/mol. The van der Waals surface area contributed by atoms with Gasteiger partial charge in [0.05, 0.1) is 6.26 Å². The van der Waals surface area contributed by atoms with Gasteiger partial charge in [-0.15, -0.1) is 5.10 Å². The molecule has 0 saturated heterocycles. The number of furan rings is 1. The molecule has 2 aliphatic rings. The smallest absolute Gasteiger partial charge is 0.324 e. The number of nitrogens with one attached hydrogen (secondary N) is 1. The summed E-state index contributed by atoms with van der Waals surface area (Å²) in [6, 6.07) is 9.90. The second kappa shape index (κ2) is 3.57. The van der Waals surface area contributed by atoms with Gasteiger partial charge in [0.25, 0.3) is 5.90 Å². The van der Waals surface area contributed by atoms with Crippen LogP contribution in [0.2, 0.25) is 0 Å². The van der Waals surface area contributed by atoms with E-state index in [-0.39, 0.29) is 5.90 Å². The number of hydrogen-bond donors (Lipinski definition) is 1. The minimum absolute atomic E-state index is 0.0875. The van der Waals surface area contributed by atoms with Crippen LogP contribution in [0.1, 0.15) is 26.5 Å². The maximum absolute atomic E-state index is 12.4. The normalized spacial score (nSPS) is 18.7. The van der Waals surface area contributed by atoms with Crippen molar-refractivity contribution in [3.8, 4) is 0 Å². The lowest BCUT2D eigenvalue weighted by Gasteiger charge is -2.18. The summed E-state index contributed by atoms with van der Waals surface area (Å²) in [7, 11) is 0. The largest absolute Gasteiger partial charge is 0.459 e. The second-order valence-corrected chi connectivity index (χ2v) is 4.49. The molecule has 0 radical (unpaired) electrons. The van der Waals surface area contributed by atoms with Crippen LogP contribution >= 0.6 is 0 Å². The fourth-order valence-electron chi connectivity index (χ4n) is 2.38. The molecule has 2 aromatic rings. The monoisotopic (exact) mass is 268 g/mol. The Labute approximate surface area is 113 Å². The zero-order valence-electron chi connectivity index (χ0n) is 10.1. The van der Waals surface area contributed by atoms with Crippen molar-refractivity contribution >= 4 is 17.5 Å². The molecule has 0 unspecified atom stereocenters. The summed E-state index contributed by atoms with van der Waals surface area (Å²) in [5.74, 6) is -0.442. The maximum Gasteiger partial charge on any atom is 0.324 e. The van der Waals surface area contributed by atoms with Crippen LogP contribution < -0.4 is 5.43 Å². The Kier molecular flexibility index (Phi) is 1.96. The maximum atomic E-state index is 12.4. The van der Waals surface area contributed by atoms with Gasteiger partial charge in [0, 0.05) is 11.1 Å². The Morgan fingerprint density at radius 1 is 1.00 bits per heavy atom. The Bertz CT molecular complexity index is 726. The lowest BCUT2D eigenvalue weighted by Crippen LogP contribution is -2.51. The van der Waals surface area contributed by atoms with Gasteiger partial charge in [-0.05, 0) is 12.1 Å². The highest BCUT2D eigenvalue weighted by atomic mass is 16.6. The number of benzene rings is 1. The molecule has 1 spiro atoms. The van der Waals surface area contributed by atoms with Gasteiger partial charge in [-0.25, -0.2) is 0 Å². The molecule has 0 fully saturated rings. The topological polar surface area (TPSA) is 80.9 Å². The predicted octanol–water partition coefficient (Wildman–Crippen LogP) is 1.34. The molecular weight excluding hydrogens is 260 g/mol. The molecule has 0 bridgehead atoms. The molecule has 1 N–H and O–H groups in total. The number of nitrogens with zero attached hydrogens (tertiary/aromatic N) is 1. The fraction of sp³-hybridized carbons (Fsp3) is 0.0714. The van der Waals surface area contributed by atoms with Crippen LogP contribution in [0.4, 0.5) is 0 Å². The minimum Gasteiger partial charge on any atom is -0.459 e. The predicted molar refractivity (Wildman–Crippen MR) is 67.3 cm³/mol. The van der Waals surface area contributed by atoms with Crippen LogP contribution in [-0.4, -0.2) is 23.2 Å². The van der Waals surface area contributed by atoms with Crippen molar-refractivity contribution in [2.45, 2.75) is 5.72 Å². The quantitative estimate of drug-likeness (QED) is 0.789. The van der Waals surface area contributed by atoms with Gasteiger partial charge >= 0.3 is 5.72 Å². The van der Waals surface area contributed by atoms with Gasteiger partial charge in [-0.1, -0.05) is 24.3 Å². The van der Waals surface area contributed by atoms with Gasteiger partial charge < -0.3 is 9.15 Å². The lowest BCUT2D eigenvalue weighted by atomic mass is 10.1. The minimum atomic E-state index is -1.79. The van der Waals surface area contributed by atoms with Crippen LogP contribution in [0, 0.1) is 0 Å². The third kappa shape index (κ3) is 1.20. The summed E-state index contributed by atoms with van der Waals surface area (Å²) in [6.45, 7) is 0. The molecule has 1 aromatic heterocycles. The van der Waals surface area contributed by atoms with Gasteiger partial charge in [0.2, 0.25) is 11.6 Å². The molecule has 4 rings (SSSR count). The van der Waals surface area contributed by atoms with Gasteiger partial charge in [0.15, 0.2) is 5.76 Å². The SMILES string of the molecule is O=C1c2ccccc2C(=O)C12NN=C(c1ccco1)O2. The highest BCUT2D eigenvalue weighted by molar-refractivity contribution is 6.33. The van der Waals surface area contributed by atoms with Crippen molar-refractivity contribution in [3.63, 3.8) is 0 Å². The van der Waals surface area contributed by atoms with Crippen molar-refractivity contribution in [1.82, 2.24) is 5.43 Å². The number of rotatable bonds is 1. The first-order valence-electron chi connectivity index (χ1n) is 5.99. The molecule has 98 valence electrons. The third-order valence-corrected chi connectivity index (χ3v) is 3.35. The van der Waals surface area contributed by atoms with E-state index in [0.29, 0.717) is 16.9 Å². The van der Waals surface area contributed by atoms with E-state index in [4.69, 9.17) is 9.15 Å². The van der Waals surface area contributed by atoms with E-state index >= 15 is 0 Å². The van der Waals surface area contributed by atoms with E-state index in [1.165, 1.54) is 6.26 Å². The van der Waals surface area contributed by atoms with Gasteiger partial charge in [-0.2, -0.15) is 0 Å². The number of ketones is 2. The van der Waals surface area contributed by atoms with Crippen molar-refractivity contribution in [3.05, 3.63) is 59.5 Å². The van der Waals surface area contributed by atoms with Crippen molar-refractivity contribution in [2.24, 2.45) is 5.10 Å². The van der Waals surface area contributed by atoms with Crippen molar-refractivity contribution < 1.29 is 18.7 Å². The number of carbonyl (C=O) groups is 2. The summed E-state index contributed by atoms with van der Waals surface area (Å²) < 4.78 is 10.7. The highest BCUT2D eigenvalue weighted by Gasteiger charge is 2.59. The highest BCUT2D eigenvalue weighted by Crippen LogP contribution is 2.34. The molecule has 0 amide bonds. The molecule has 6 nitrogen and oxygen atoms in total. The van der Waals surface area contributed by atoms with Crippen LogP contribution in [0.25, 0.3) is 0 Å². The van der Waals surface area contributed by atoms with Gasteiger partial charge in [0.1, 0.15) is 0 Å². The van der Waals surface area contributed by atoms with E-state index in [2.05, 4.69) is 10.5 Å². The van der Waals surface area contributed by atoms with E-state index < -0.39 is 17.3 Å². The van der Waals surface area contributed by atoms with Crippen molar-refractivity contribution in [1.29, 1.82) is 0 Å². The summed E-state index contributed by atoms with van der Waals surface area (Å²) in [5, 5.41) is 3.91. The number of hydrogen-bond acceptors (Lipinski definition) is 6. The first-order chi connectivity index (χ1) is 9.72. The molecule has 1 aromatic carbocycles. The summed E-state index contributed by atoms with van der Waals surface area (Å²) in [4.78, 5) is 24.9. The first kappa shape index (κ1) is 11.0. The molecule has 1 aliphatic heterocycles. The van der Waals surface area contributed by atoms with E-state index in [9.17, 15) is 9.59 Å². The molecule has 1 aliphatic carbocycles. The van der Waals surface area contributed by atoms with E-state index in [0.717, 1.165) is 0 Å². The zero-order chi connectivity index (χ0) is 13.7. The molecular formula is C14H8N2O4. The Hall–Kier alpha value is -2.89. The number of Topliss-reactive ketones (excluding diaryl/α,β-unsaturated/α-hetero) is 2. The number of carbonyl (C=O) groups excluding carboxylic acids is 2. The van der Waals surface area contributed by atoms with Crippen LogP contribution in [0.3, 0.4) is 0 Å². The molecule has 6 heteroatoms. The van der Waals surface area contributed by atoms with Crippen LogP contribution in [-0.2, 0) is 4.74 Å². The number of ether oxygens (including phenoxy) is 1. The summed E-state index contributed by atoms with van der Waals surface area (Å²) in [5.41, 5.74) is 1.41. The standard InChI is InChI=1S/C14H8N2O4/c17-11-8-4-1-2-5-9(8)12(18)14(11)16-15-13(20-14)10-6-3-7-19-10/h1-7,16H. The number of fused-ring (bicyclic) bond motifs is 1. The first-order valence-corrected chi connectivity index (χ1v) is 5.99. The van der Waals surface area contributed by atoms with E-state index in [1.54, 1.807) is 36.4 Å². The van der Waals surface area contributed by atoms with Gasteiger partial charge in [-0.3, -0.25) is 15.0 Å². The summed E-state index contributed by atoms with van der Waals surface area (Å²) >= 11 is 0. The van der Waals surface area contributed by atoms with Crippen molar-refractivity contribution in [2.75, 3.05) is 0 Å². The fourth-order valence-corrected chi connectivity index (χ4v) is 2.38. The third-order valence-electron chi connectivity index (χ3n) is 3.35. The Morgan fingerprint density at radius 3 is 2.30 bits per heavy atom. The molecule has 0 saturated carbocycles. The molecule has 0 atom stereocenters. The zero-order valence-corrected chi connectivity index (χ0v) is 10.1.